The first-order valence-electron chi connectivity index (χ1n) is 5.74. The number of nitrogens with zero attached hydrogens (tertiary/aromatic N) is 3. The highest BCUT2D eigenvalue weighted by Gasteiger charge is 2.16. The Morgan fingerprint density at radius 2 is 2.00 bits per heavy atom. The van der Waals surface area contributed by atoms with Crippen LogP contribution in [0.1, 0.15) is 25.8 Å². The molecule has 0 amide bonds. The molecule has 0 aliphatic rings. The van der Waals surface area contributed by atoms with E-state index in [1.807, 2.05) is 13.8 Å². The van der Waals surface area contributed by atoms with E-state index in [-0.39, 0.29) is 11.7 Å². The Hall–Kier alpha value is -1.89. The number of aryl methyl sites for hydroxylation is 1. The summed E-state index contributed by atoms with van der Waals surface area (Å²) in [5, 5.41) is 0. The molecular formula is C11H16N4O3. The minimum Gasteiger partial charge on any atom is -0.371 e. The van der Waals surface area contributed by atoms with E-state index in [0.717, 1.165) is 4.57 Å². The summed E-state index contributed by atoms with van der Waals surface area (Å²) in [6.45, 7) is 4.27. The minimum atomic E-state index is -0.394. The van der Waals surface area contributed by atoms with Gasteiger partial charge in [-0.25, -0.2) is 9.78 Å². The van der Waals surface area contributed by atoms with Crippen molar-refractivity contribution in [2.45, 2.75) is 20.0 Å². The molecule has 2 aromatic heterocycles. The number of imidazole rings is 1. The number of ether oxygens (including phenoxy) is 1. The van der Waals surface area contributed by atoms with Crippen molar-refractivity contribution in [1.29, 1.82) is 0 Å². The smallest absolute Gasteiger partial charge is 0.332 e. The Morgan fingerprint density at radius 3 is 2.61 bits per heavy atom. The standard InChI is InChI=1S/C11H16N4O3/c1-5-18-6(2)8-12-7-9(13-8)14(3)11(17)15(4)10(7)16/h6H,5H2,1-4H3,(H,12,13). The molecule has 1 unspecified atom stereocenters. The number of hydrogen-bond donors (Lipinski definition) is 1. The summed E-state index contributed by atoms with van der Waals surface area (Å²) >= 11 is 0. The van der Waals surface area contributed by atoms with Gasteiger partial charge in [0.2, 0.25) is 0 Å². The quantitative estimate of drug-likeness (QED) is 0.837. The van der Waals surface area contributed by atoms with Crippen molar-refractivity contribution < 1.29 is 4.74 Å². The molecule has 0 radical (unpaired) electrons. The fraction of sp³-hybridized carbons (Fsp3) is 0.545. The van der Waals surface area contributed by atoms with Crippen LogP contribution < -0.4 is 11.2 Å². The summed E-state index contributed by atoms with van der Waals surface area (Å²) in [6.07, 6.45) is -0.248. The summed E-state index contributed by atoms with van der Waals surface area (Å²) in [5.41, 5.74) is -0.101. The SMILES string of the molecule is CCOC(C)c1nc2c([nH]1)c(=O)n(C)c(=O)n2C. The van der Waals surface area contributed by atoms with E-state index < -0.39 is 5.69 Å². The molecule has 98 valence electrons. The molecule has 1 atom stereocenters. The zero-order valence-electron chi connectivity index (χ0n) is 10.9. The highest BCUT2D eigenvalue weighted by atomic mass is 16.5. The van der Waals surface area contributed by atoms with Crippen molar-refractivity contribution in [3.8, 4) is 0 Å². The summed E-state index contributed by atoms with van der Waals surface area (Å²) in [6, 6.07) is 0. The van der Waals surface area contributed by atoms with Gasteiger partial charge in [0.15, 0.2) is 5.65 Å². The van der Waals surface area contributed by atoms with Crippen LogP contribution in [-0.2, 0) is 18.8 Å². The van der Waals surface area contributed by atoms with Gasteiger partial charge >= 0.3 is 5.69 Å². The van der Waals surface area contributed by atoms with E-state index in [1.165, 1.54) is 11.6 Å². The molecule has 2 rings (SSSR count). The van der Waals surface area contributed by atoms with Gasteiger partial charge in [0.25, 0.3) is 5.56 Å². The molecule has 0 spiro atoms. The second-order valence-electron chi connectivity index (χ2n) is 4.12. The predicted molar refractivity (Wildman–Crippen MR) is 66.6 cm³/mol. The molecule has 2 heterocycles. The number of aromatic nitrogens is 4. The second-order valence-corrected chi connectivity index (χ2v) is 4.12. The molecule has 7 heteroatoms. The van der Waals surface area contributed by atoms with Crippen LogP contribution in [0.3, 0.4) is 0 Å². The fourth-order valence-corrected chi connectivity index (χ4v) is 1.87. The van der Waals surface area contributed by atoms with Gasteiger partial charge in [-0.05, 0) is 13.8 Å². The van der Waals surface area contributed by atoms with Crippen LogP contribution in [-0.4, -0.2) is 25.7 Å². The van der Waals surface area contributed by atoms with Crippen molar-refractivity contribution in [2.24, 2.45) is 14.1 Å². The number of rotatable bonds is 3. The lowest BCUT2D eigenvalue weighted by Crippen LogP contribution is -2.36. The van der Waals surface area contributed by atoms with Crippen LogP contribution in [0.25, 0.3) is 11.2 Å². The first kappa shape index (κ1) is 12.6. The van der Waals surface area contributed by atoms with Gasteiger partial charge in [0.1, 0.15) is 17.4 Å². The first-order chi connectivity index (χ1) is 8.47. The monoisotopic (exact) mass is 252 g/mol. The highest BCUT2D eigenvalue weighted by molar-refractivity contribution is 5.69. The first-order valence-corrected chi connectivity index (χ1v) is 5.74. The molecule has 0 aromatic carbocycles. The van der Waals surface area contributed by atoms with Gasteiger partial charge in [-0.2, -0.15) is 0 Å². The van der Waals surface area contributed by atoms with E-state index in [9.17, 15) is 9.59 Å². The van der Waals surface area contributed by atoms with E-state index in [1.54, 1.807) is 7.05 Å². The molecule has 0 saturated carbocycles. The second kappa shape index (κ2) is 4.41. The van der Waals surface area contributed by atoms with E-state index >= 15 is 0 Å². The molecule has 0 aliphatic heterocycles. The molecule has 0 bridgehead atoms. The normalized spacial score (nSPS) is 13.1. The molecule has 0 aliphatic carbocycles. The molecule has 0 fully saturated rings. The topological polar surface area (TPSA) is 81.9 Å². The van der Waals surface area contributed by atoms with Crippen molar-refractivity contribution in [2.75, 3.05) is 6.61 Å². The van der Waals surface area contributed by atoms with Crippen LogP contribution in [0.2, 0.25) is 0 Å². The van der Waals surface area contributed by atoms with Crippen LogP contribution in [0.15, 0.2) is 9.59 Å². The molecule has 1 N–H and O–H groups in total. The van der Waals surface area contributed by atoms with Gasteiger partial charge in [-0.3, -0.25) is 13.9 Å². The van der Waals surface area contributed by atoms with Crippen LogP contribution in [0.4, 0.5) is 0 Å². The third-order valence-corrected chi connectivity index (χ3v) is 2.91. The molecule has 7 nitrogen and oxygen atoms in total. The number of aromatic amines is 1. The van der Waals surface area contributed by atoms with E-state index in [2.05, 4.69) is 9.97 Å². The van der Waals surface area contributed by atoms with Crippen LogP contribution >= 0.6 is 0 Å². The Kier molecular flexibility index (Phi) is 3.08. The number of H-pyrrole nitrogens is 1. The van der Waals surface area contributed by atoms with E-state index in [0.29, 0.717) is 23.6 Å². The number of fused-ring (bicyclic) bond motifs is 1. The van der Waals surface area contributed by atoms with Gasteiger partial charge < -0.3 is 9.72 Å². The summed E-state index contributed by atoms with van der Waals surface area (Å²) in [4.78, 5) is 30.9. The van der Waals surface area contributed by atoms with Gasteiger partial charge in [-0.15, -0.1) is 0 Å². The number of hydrogen-bond acceptors (Lipinski definition) is 4. The fourth-order valence-electron chi connectivity index (χ4n) is 1.87. The number of nitrogens with one attached hydrogen (secondary N) is 1. The van der Waals surface area contributed by atoms with Crippen LogP contribution in [0, 0.1) is 0 Å². The Bertz CT molecular complexity index is 695. The average molecular weight is 252 g/mol. The Labute approximate surface area is 103 Å². The third-order valence-electron chi connectivity index (χ3n) is 2.91. The zero-order chi connectivity index (χ0) is 13.4. The summed E-state index contributed by atoms with van der Waals surface area (Å²) < 4.78 is 7.80. The summed E-state index contributed by atoms with van der Waals surface area (Å²) in [5.74, 6) is 0.546. The average Bonchev–Trinajstić information content (AvgIpc) is 2.79. The van der Waals surface area contributed by atoms with Gasteiger partial charge in [0.05, 0.1) is 0 Å². The molecule has 0 saturated heterocycles. The largest absolute Gasteiger partial charge is 0.371 e. The van der Waals surface area contributed by atoms with Crippen LogP contribution in [0.5, 0.6) is 0 Å². The zero-order valence-corrected chi connectivity index (χ0v) is 10.9. The molecule has 18 heavy (non-hydrogen) atoms. The van der Waals surface area contributed by atoms with Crippen molar-refractivity contribution >= 4 is 11.2 Å². The van der Waals surface area contributed by atoms with Gasteiger partial charge in [0, 0.05) is 20.7 Å². The van der Waals surface area contributed by atoms with Crippen molar-refractivity contribution in [1.82, 2.24) is 19.1 Å². The maximum Gasteiger partial charge on any atom is 0.332 e. The molecule has 2 aromatic rings. The lowest BCUT2D eigenvalue weighted by molar-refractivity contribution is 0.0709. The summed E-state index contributed by atoms with van der Waals surface area (Å²) in [7, 11) is 3.02. The van der Waals surface area contributed by atoms with Crippen molar-refractivity contribution in [3.05, 3.63) is 26.7 Å². The third kappa shape index (κ3) is 1.76. The highest BCUT2D eigenvalue weighted by Crippen LogP contribution is 2.15. The Balaban J connectivity index is 2.72. The maximum absolute atomic E-state index is 11.9. The molecular weight excluding hydrogens is 236 g/mol. The minimum absolute atomic E-state index is 0.248. The maximum atomic E-state index is 11.9. The predicted octanol–water partition coefficient (Wildman–Crippen LogP) is 0.0578. The van der Waals surface area contributed by atoms with Gasteiger partial charge in [-0.1, -0.05) is 0 Å². The lowest BCUT2D eigenvalue weighted by Gasteiger charge is -2.06. The van der Waals surface area contributed by atoms with Crippen molar-refractivity contribution in [3.63, 3.8) is 0 Å². The Morgan fingerprint density at radius 1 is 1.33 bits per heavy atom. The van der Waals surface area contributed by atoms with E-state index in [4.69, 9.17) is 4.74 Å². The lowest BCUT2D eigenvalue weighted by atomic mass is 10.4.